The van der Waals surface area contributed by atoms with Crippen molar-refractivity contribution in [1.29, 1.82) is 0 Å². The lowest BCUT2D eigenvalue weighted by Crippen LogP contribution is -2.27. The van der Waals surface area contributed by atoms with Gasteiger partial charge in [-0.25, -0.2) is 4.39 Å². The molecule has 1 aromatic rings. The molecule has 2 rings (SSSR count). The molecule has 0 spiro atoms. The molecule has 1 unspecified atom stereocenters. The van der Waals surface area contributed by atoms with Gasteiger partial charge in [-0.1, -0.05) is 12.1 Å². The molecule has 2 nitrogen and oxygen atoms in total. The summed E-state index contributed by atoms with van der Waals surface area (Å²) in [5.74, 6) is -1.81. The summed E-state index contributed by atoms with van der Waals surface area (Å²) in [5.41, 5.74) is 6.12. The number of nitrogen functional groups attached to an aromatic ring is 1. The number of nitrogens with two attached hydrogens (primary N) is 1. The Morgan fingerprint density at radius 1 is 1.33 bits per heavy atom. The highest BCUT2D eigenvalue weighted by Gasteiger charge is 2.43. The number of anilines is 1. The SMILES string of the molecule is Nc1c(F)cccc1CN1CCC(C(F)(F)F)C1. The quantitative estimate of drug-likeness (QED) is 0.656. The molecule has 1 saturated heterocycles. The molecule has 18 heavy (non-hydrogen) atoms. The average Bonchev–Trinajstić information content (AvgIpc) is 2.73. The minimum absolute atomic E-state index is 0.0213. The van der Waals surface area contributed by atoms with Crippen molar-refractivity contribution in [3.63, 3.8) is 0 Å². The van der Waals surface area contributed by atoms with Crippen LogP contribution in [0.4, 0.5) is 23.2 Å². The van der Waals surface area contributed by atoms with Crippen LogP contribution in [0.5, 0.6) is 0 Å². The highest BCUT2D eigenvalue weighted by Crippen LogP contribution is 2.34. The van der Waals surface area contributed by atoms with Crippen LogP contribution in [-0.4, -0.2) is 24.2 Å². The minimum Gasteiger partial charge on any atom is -0.396 e. The summed E-state index contributed by atoms with van der Waals surface area (Å²) in [4.78, 5) is 1.66. The summed E-state index contributed by atoms with van der Waals surface area (Å²) in [5, 5.41) is 0. The van der Waals surface area contributed by atoms with Gasteiger partial charge in [0.25, 0.3) is 0 Å². The van der Waals surface area contributed by atoms with Gasteiger partial charge in [-0.05, 0) is 24.6 Å². The second kappa shape index (κ2) is 4.76. The fourth-order valence-corrected chi connectivity index (χ4v) is 2.20. The van der Waals surface area contributed by atoms with Crippen LogP contribution < -0.4 is 5.73 Å². The Bertz CT molecular complexity index is 431. The second-order valence-corrected chi connectivity index (χ2v) is 4.57. The number of alkyl halides is 3. The smallest absolute Gasteiger partial charge is 0.393 e. The van der Waals surface area contributed by atoms with E-state index in [-0.39, 0.29) is 25.2 Å². The van der Waals surface area contributed by atoms with E-state index in [1.54, 1.807) is 11.0 Å². The summed E-state index contributed by atoms with van der Waals surface area (Å²) in [6.45, 7) is 0.579. The predicted octanol–water partition coefficient (Wildman–Crippen LogP) is 2.79. The summed E-state index contributed by atoms with van der Waals surface area (Å²) in [6, 6.07) is 4.39. The van der Waals surface area contributed by atoms with Crippen LogP contribution in [0.1, 0.15) is 12.0 Å². The Morgan fingerprint density at radius 3 is 2.67 bits per heavy atom. The first-order valence-electron chi connectivity index (χ1n) is 5.70. The van der Waals surface area contributed by atoms with Gasteiger partial charge in [-0.3, -0.25) is 4.90 Å². The normalized spacial score (nSPS) is 21.4. The van der Waals surface area contributed by atoms with Crippen molar-refractivity contribution in [3.05, 3.63) is 29.6 Å². The molecule has 0 amide bonds. The molecular formula is C12H14F4N2. The number of hydrogen-bond acceptors (Lipinski definition) is 2. The van der Waals surface area contributed by atoms with Crippen LogP contribution in [0, 0.1) is 11.7 Å². The van der Waals surface area contributed by atoms with Crippen molar-refractivity contribution in [3.8, 4) is 0 Å². The van der Waals surface area contributed by atoms with Crippen molar-refractivity contribution < 1.29 is 17.6 Å². The van der Waals surface area contributed by atoms with Crippen molar-refractivity contribution in [2.75, 3.05) is 18.8 Å². The molecule has 6 heteroatoms. The molecular weight excluding hydrogens is 248 g/mol. The van der Waals surface area contributed by atoms with E-state index in [2.05, 4.69) is 0 Å². The lowest BCUT2D eigenvalue weighted by Gasteiger charge is -2.18. The van der Waals surface area contributed by atoms with E-state index in [9.17, 15) is 17.6 Å². The molecule has 1 aromatic carbocycles. The van der Waals surface area contributed by atoms with Gasteiger partial charge in [0.2, 0.25) is 0 Å². The van der Waals surface area contributed by atoms with Gasteiger partial charge < -0.3 is 5.73 Å². The van der Waals surface area contributed by atoms with E-state index < -0.39 is 17.9 Å². The molecule has 1 heterocycles. The maximum absolute atomic E-state index is 13.2. The van der Waals surface area contributed by atoms with Gasteiger partial charge in [0, 0.05) is 13.1 Å². The number of nitrogens with zero attached hydrogens (tertiary/aromatic N) is 1. The fourth-order valence-electron chi connectivity index (χ4n) is 2.20. The number of likely N-dealkylation sites (tertiary alicyclic amines) is 1. The maximum atomic E-state index is 13.2. The summed E-state index contributed by atoms with van der Waals surface area (Å²) >= 11 is 0. The van der Waals surface area contributed by atoms with Gasteiger partial charge in [-0.2, -0.15) is 13.2 Å². The first kappa shape index (κ1) is 13.1. The molecule has 1 aliphatic rings. The van der Waals surface area contributed by atoms with E-state index in [1.165, 1.54) is 12.1 Å². The third kappa shape index (κ3) is 2.75. The number of rotatable bonds is 2. The van der Waals surface area contributed by atoms with Crippen LogP contribution in [-0.2, 0) is 6.54 Å². The topological polar surface area (TPSA) is 29.3 Å². The highest BCUT2D eigenvalue weighted by atomic mass is 19.4. The Kier molecular flexibility index (Phi) is 3.47. The molecule has 0 aliphatic carbocycles. The standard InChI is InChI=1S/C12H14F4N2/c13-10-3-1-2-8(11(10)17)6-18-5-4-9(7-18)12(14,15)16/h1-3,9H,4-7,17H2. The molecule has 2 N–H and O–H groups in total. The highest BCUT2D eigenvalue weighted by molar-refractivity contribution is 5.47. The van der Waals surface area contributed by atoms with Crippen LogP contribution in [0.25, 0.3) is 0 Å². The fraction of sp³-hybridized carbons (Fsp3) is 0.500. The van der Waals surface area contributed by atoms with Gasteiger partial charge in [0.15, 0.2) is 0 Å². The van der Waals surface area contributed by atoms with Crippen LogP contribution in [0.15, 0.2) is 18.2 Å². The van der Waals surface area contributed by atoms with E-state index in [0.29, 0.717) is 12.1 Å². The molecule has 0 bridgehead atoms. The molecule has 100 valence electrons. The molecule has 0 saturated carbocycles. The largest absolute Gasteiger partial charge is 0.396 e. The number of halogens is 4. The van der Waals surface area contributed by atoms with Crippen molar-refractivity contribution in [2.45, 2.75) is 19.1 Å². The third-order valence-electron chi connectivity index (χ3n) is 3.27. The third-order valence-corrected chi connectivity index (χ3v) is 3.27. The Hall–Kier alpha value is -1.30. The van der Waals surface area contributed by atoms with Crippen LogP contribution in [0.2, 0.25) is 0 Å². The van der Waals surface area contributed by atoms with Crippen molar-refractivity contribution in [2.24, 2.45) is 5.92 Å². The predicted molar refractivity (Wildman–Crippen MR) is 60.3 cm³/mol. The summed E-state index contributed by atoms with van der Waals surface area (Å²) in [7, 11) is 0. The van der Waals surface area contributed by atoms with E-state index in [4.69, 9.17) is 5.73 Å². The van der Waals surface area contributed by atoms with Crippen molar-refractivity contribution >= 4 is 5.69 Å². The van der Waals surface area contributed by atoms with Gasteiger partial charge in [0.1, 0.15) is 5.82 Å². The molecule has 0 radical (unpaired) electrons. The van der Waals surface area contributed by atoms with E-state index in [0.717, 1.165) is 0 Å². The monoisotopic (exact) mass is 262 g/mol. The molecule has 0 aromatic heterocycles. The summed E-state index contributed by atoms with van der Waals surface area (Å²) in [6.07, 6.45) is -4.05. The first-order valence-corrected chi connectivity index (χ1v) is 5.70. The molecule has 1 fully saturated rings. The van der Waals surface area contributed by atoms with Gasteiger partial charge >= 0.3 is 6.18 Å². The zero-order chi connectivity index (χ0) is 13.3. The molecule has 1 atom stereocenters. The lowest BCUT2D eigenvalue weighted by molar-refractivity contribution is -0.170. The Balaban J connectivity index is 2.02. The zero-order valence-electron chi connectivity index (χ0n) is 9.67. The Labute approximate surface area is 102 Å². The maximum Gasteiger partial charge on any atom is 0.393 e. The van der Waals surface area contributed by atoms with E-state index >= 15 is 0 Å². The van der Waals surface area contributed by atoms with Crippen LogP contribution in [0.3, 0.4) is 0 Å². The summed E-state index contributed by atoms with van der Waals surface area (Å²) < 4.78 is 50.7. The number of para-hydroxylation sites is 1. The van der Waals surface area contributed by atoms with Crippen LogP contribution >= 0.6 is 0 Å². The second-order valence-electron chi connectivity index (χ2n) is 4.57. The van der Waals surface area contributed by atoms with Gasteiger partial charge in [-0.15, -0.1) is 0 Å². The molecule has 1 aliphatic heterocycles. The number of benzene rings is 1. The minimum atomic E-state index is -4.15. The van der Waals surface area contributed by atoms with Gasteiger partial charge in [0.05, 0.1) is 11.6 Å². The van der Waals surface area contributed by atoms with E-state index in [1.807, 2.05) is 0 Å². The number of hydrogen-bond donors (Lipinski definition) is 1. The lowest BCUT2D eigenvalue weighted by atomic mass is 10.1. The Morgan fingerprint density at radius 2 is 2.06 bits per heavy atom. The van der Waals surface area contributed by atoms with Crippen molar-refractivity contribution in [1.82, 2.24) is 4.90 Å². The average molecular weight is 262 g/mol. The first-order chi connectivity index (χ1) is 8.38. The zero-order valence-corrected chi connectivity index (χ0v) is 9.67.